The van der Waals surface area contributed by atoms with Gasteiger partial charge in [-0.15, -0.1) is 0 Å². The molecule has 6 nitrogen and oxygen atoms in total. The van der Waals surface area contributed by atoms with E-state index in [1.165, 1.54) is 0 Å². The molecule has 156 valence electrons. The largest absolute Gasteiger partial charge is 0.451 e. The second kappa shape index (κ2) is 7.24. The van der Waals surface area contributed by atoms with Crippen molar-refractivity contribution in [2.24, 2.45) is 5.41 Å². The van der Waals surface area contributed by atoms with Crippen LogP contribution in [0, 0.1) is 5.41 Å². The first kappa shape index (κ1) is 21.0. The normalized spacial score (nSPS) is 20.0. The first-order valence-electron chi connectivity index (χ1n) is 9.21. The van der Waals surface area contributed by atoms with E-state index in [0.717, 1.165) is 25.5 Å². The van der Waals surface area contributed by atoms with Crippen LogP contribution < -0.4 is 4.90 Å². The Hall–Kier alpha value is -1.77. The Bertz CT molecular complexity index is 743. The van der Waals surface area contributed by atoms with Crippen LogP contribution in [0.5, 0.6) is 0 Å². The standard InChI is InChI=1S/C18H24ClF3N4O2/c1-16(2,3)28-15(27)25-7-4-17(5-8-25)6-9-26(11-17)12-10-23-14(18(20,21)22)24-13(12)19/h10H,4-9,11H2,1-3H3. The third kappa shape index (κ3) is 4.61. The van der Waals surface area contributed by atoms with Crippen molar-refractivity contribution in [3.05, 3.63) is 17.2 Å². The first-order valence-corrected chi connectivity index (χ1v) is 9.59. The Kier molecular flexibility index (Phi) is 5.42. The van der Waals surface area contributed by atoms with Crippen LogP contribution in [-0.4, -0.2) is 52.7 Å². The average molecular weight is 421 g/mol. The molecule has 2 saturated heterocycles. The number of piperidine rings is 1. The number of ether oxygens (including phenoxy) is 1. The van der Waals surface area contributed by atoms with Crippen molar-refractivity contribution in [1.82, 2.24) is 14.9 Å². The molecule has 0 N–H and O–H groups in total. The summed E-state index contributed by atoms with van der Waals surface area (Å²) in [5.74, 6) is -1.24. The number of carbonyl (C=O) groups is 1. The molecule has 1 aromatic heterocycles. The van der Waals surface area contributed by atoms with E-state index in [1.807, 2.05) is 25.7 Å². The van der Waals surface area contributed by atoms with E-state index in [0.29, 0.717) is 31.9 Å². The fourth-order valence-corrected chi connectivity index (χ4v) is 3.99. The highest BCUT2D eigenvalue weighted by Crippen LogP contribution is 2.43. The van der Waals surface area contributed by atoms with Gasteiger partial charge in [-0.05, 0) is 45.4 Å². The molecule has 2 aliphatic heterocycles. The topological polar surface area (TPSA) is 58.6 Å². The molecule has 0 aliphatic carbocycles. The minimum atomic E-state index is -4.62. The van der Waals surface area contributed by atoms with Gasteiger partial charge in [-0.3, -0.25) is 0 Å². The Balaban J connectivity index is 1.63. The van der Waals surface area contributed by atoms with Gasteiger partial charge in [0.15, 0.2) is 5.15 Å². The predicted molar refractivity (Wildman–Crippen MR) is 98.3 cm³/mol. The van der Waals surface area contributed by atoms with Crippen molar-refractivity contribution >= 4 is 23.4 Å². The summed E-state index contributed by atoms with van der Waals surface area (Å²) in [5.41, 5.74) is -0.110. The van der Waals surface area contributed by atoms with Crippen LogP contribution >= 0.6 is 11.6 Å². The molecule has 0 unspecified atom stereocenters. The van der Waals surface area contributed by atoms with Gasteiger partial charge < -0.3 is 14.5 Å². The van der Waals surface area contributed by atoms with Crippen molar-refractivity contribution in [3.63, 3.8) is 0 Å². The number of halogens is 4. The van der Waals surface area contributed by atoms with Crippen molar-refractivity contribution in [2.75, 3.05) is 31.1 Å². The van der Waals surface area contributed by atoms with E-state index < -0.39 is 17.6 Å². The maximum absolute atomic E-state index is 12.7. The lowest BCUT2D eigenvalue weighted by molar-refractivity contribution is -0.144. The molecule has 1 spiro atoms. The van der Waals surface area contributed by atoms with Gasteiger partial charge in [-0.1, -0.05) is 11.6 Å². The lowest BCUT2D eigenvalue weighted by Crippen LogP contribution is -2.46. The second-order valence-electron chi connectivity index (χ2n) is 8.51. The Morgan fingerprint density at radius 3 is 2.32 bits per heavy atom. The van der Waals surface area contributed by atoms with E-state index >= 15 is 0 Å². The third-order valence-corrected chi connectivity index (χ3v) is 5.51. The lowest BCUT2D eigenvalue weighted by atomic mass is 9.78. The van der Waals surface area contributed by atoms with Gasteiger partial charge >= 0.3 is 12.3 Å². The molecule has 0 bridgehead atoms. The van der Waals surface area contributed by atoms with Crippen LogP contribution in [-0.2, 0) is 10.9 Å². The number of carbonyl (C=O) groups excluding carboxylic acids is 1. The van der Waals surface area contributed by atoms with E-state index in [4.69, 9.17) is 16.3 Å². The minimum absolute atomic E-state index is 0.00450. The zero-order valence-corrected chi connectivity index (χ0v) is 16.9. The smallest absolute Gasteiger partial charge is 0.444 e. The van der Waals surface area contributed by atoms with Gasteiger partial charge in [0, 0.05) is 26.2 Å². The fraction of sp³-hybridized carbons (Fsp3) is 0.722. The highest BCUT2D eigenvalue weighted by atomic mass is 35.5. The van der Waals surface area contributed by atoms with Crippen molar-refractivity contribution in [2.45, 2.75) is 51.8 Å². The number of amides is 1. The van der Waals surface area contributed by atoms with Gasteiger partial charge in [0.2, 0.25) is 5.82 Å². The molecule has 0 saturated carbocycles. The summed E-state index contributed by atoms with van der Waals surface area (Å²) in [7, 11) is 0. The summed E-state index contributed by atoms with van der Waals surface area (Å²) < 4.78 is 43.6. The average Bonchev–Trinajstić information content (AvgIpc) is 2.96. The van der Waals surface area contributed by atoms with Gasteiger partial charge in [-0.2, -0.15) is 13.2 Å². The van der Waals surface area contributed by atoms with E-state index in [2.05, 4.69) is 9.97 Å². The molecule has 0 radical (unpaired) electrons. The number of hydrogen-bond acceptors (Lipinski definition) is 5. The summed E-state index contributed by atoms with van der Waals surface area (Å²) in [6.45, 7) is 8.02. The van der Waals surface area contributed by atoms with Crippen LogP contribution in [0.3, 0.4) is 0 Å². The van der Waals surface area contributed by atoms with Crippen LogP contribution in [0.15, 0.2) is 6.20 Å². The van der Waals surface area contributed by atoms with Crippen LogP contribution in [0.25, 0.3) is 0 Å². The van der Waals surface area contributed by atoms with Gasteiger partial charge in [-0.25, -0.2) is 14.8 Å². The molecule has 3 rings (SSSR count). The van der Waals surface area contributed by atoms with Crippen molar-refractivity contribution in [1.29, 1.82) is 0 Å². The van der Waals surface area contributed by atoms with Crippen molar-refractivity contribution < 1.29 is 22.7 Å². The molecule has 28 heavy (non-hydrogen) atoms. The lowest BCUT2D eigenvalue weighted by Gasteiger charge is -2.39. The molecular weight excluding hydrogens is 397 g/mol. The van der Waals surface area contributed by atoms with Crippen LogP contribution in [0.1, 0.15) is 45.9 Å². The predicted octanol–water partition coefficient (Wildman–Crippen LogP) is 4.38. The number of alkyl halides is 3. The SMILES string of the molecule is CC(C)(C)OC(=O)N1CCC2(CC1)CCN(c1cnc(C(F)(F)F)nc1Cl)C2. The molecule has 0 aromatic carbocycles. The van der Waals surface area contributed by atoms with Crippen LogP contribution in [0.4, 0.5) is 23.7 Å². The zero-order chi connectivity index (χ0) is 20.7. The molecular formula is C18H24ClF3N4O2. The molecule has 1 aromatic rings. The molecule has 2 aliphatic rings. The number of rotatable bonds is 1. The number of nitrogens with zero attached hydrogens (tertiary/aromatic N) is 4. The summed E-state index contributed by atoms with van der Waals surface area (Å²) >= 11 is 6.01. The highest BCUT2D eigenvalue weighted by Gasteiger charge is 2.43. The van der Waals surface area contributed by atoms with Crippen molar-refractivity contribution in [3.8, 4) is 0 Å². The Morgan fingerprint density at radius 1 is 1.18 bits per heavy atom. The van der Waals surface area contributed by atoms with Gasteiger partial charge in [0.05, 0.1) is 11.9 Å². The second-order valence-corrected chi connectivity index (χ2v) is 8.86. The minimum Gasteiger partial charge on any atom is -0.444 e. The molecule has 0 atom stereocenters. The fourth-order valence-electron chi connectivity index (χ4n) is 3.74. The molecule has 10 heteroatoms. The Labute approximate surface area is 167 Å². The molecule has 1 amide bonds. The first-order chi connectivity index (χ1) is 12.9. The monoisotopic (exact) mass is 420 g/mol. The maximum Gasteiger partial charge on any atom is 0.451 e. The molecule has 2 fully saturated rings. The zero-order valence-electron chi connectivity index (χ0n) is 16.1. The Morgan fingerprint density at radius 2 is 1.79 bits per heavy atom. The summed E-state index contributed by atoms with van der Waals surface area (Å²) in [4.78, 5) is 22.7. The summed E-state index contributed by atoms with van der Waals surface area (Å²) in [6.07, 6.45) is -1.29. The number of aromatic nitrogens is 2. The van der Waals surface area contributed by atoms with E-state index in [1.54, 1.807) is 4.90 Å². The quantitative estimate of drug-likeness (QED) is 0.631. The van der Waals surface area contributed by atoms with Gasteiger partial charge in [0.25, 0.3) is 0 Å². The van der Waals surface area contributed by atoms with Gasteiger partial charge in [0.1, 0.15) is 5.60 Å². The van der Waals surface area contributed by atoms with E-state index in [-0.39, 0.29) is 16.7 Å². The number of hydrogen-bond donors (Lipinski definition) is 0. The van der Waals surface area contributed by atoms with Crippen LogP contribution in [0.2, 0.25) is 5.15 Å². The molecule has 3 heterocycles. The third-order valence-electron chi connectivity index (χ3n) is 5.23. The maximum atomic E-state index is 12.7. The number of anilines is 1. The van der Waals surface area contributed by atoms with E-state index in [9.17, 15) is 18.0 Å². The summed E-state index contributed by atoms with van der Waals surface area (Å²) in [5, 5.41) is -0.189. The summed E-state index contributed by atoms with van der Waals surface area (Å²) in [6, 6.07) is 0. The number of likely N-dealkylation sites (tertiary alicyclic amines) is 1. The highest BCUT2D eigenvalue weighted by molar-refractivity contribution is 6.32.